The van der Waals surface area contributed by atoms with E-state index in [0.29, 0.717) is 23.7 Å². The average molecular weight is 331 g/mol. The van der Waals surface area contributed by atoms with Gasteiger partial charge in [0.15, 0.2) is 0 Å². The van der Waals surface area contributed by atoms with Crippen molar-refractivity contribution in [1.82, 2.24) is 10.2 Å². The highest BCUT2D eigenvalue weighted by Gasteiger charge is 2.41. The van der Waals surface area contributed by atoms with Crippen LogP contribution < -0.4 is 5.32 Å². The lowest BCUT2D eigenvalue weighted by molar-refractivity contribution is -0.148. The number of nitrogens with one attached hydrogen (secondary N) is 1. The fourth-order valence-corrected chi connectivity index (χ4v) is 3.78. The van der Waals surface area contributed by atoms with Gasteiger partial charge in [0.2, 0.25) is 0 Å². The van der Waals surface area contributed by atoms with Gasteiger partial charge in [-0.15, -0.1) is 11.3 Å². The zero-order chi connectivity index (χ0) is 15.5. The van der Waals surface area contributed by atoms with Crippen LogP contribution in [0.15, 0.2) is 12.1 Å². The van der Waals surface area contributed by atoms with Crippen LogP contribution in [-0.2, 0) is 11.3 Å². The number of carbonyl (C=O) groups is 2. The third-order valence-corrected chi connectivity index (χ3v) is 5.18. The highest BCUT2D eigenvalue weighted by atomic mass is 35.5. The number of carboxylic acid groups (broad SMARTS) is 1. The zero-order valence-electron chi connectivity index (χ0n) is 11.9. The van der Waals surface area contributed by atoms with E-state index in [1.165, 1.54) is 16.2 Å². The fraction of sp³-hybridized carbons (Fsp3) is 0.571. The van der Waals surface area contributed by atoms with Gasteiger partial charge in [-0.25, -0.2) is 4.79 Å². The molecule has 0 radical (unpaired) electrons. The summed E-state index contributed by atoms with van der Waals surface area (Å²) in [4.78, 5) is 26.0. The molecule has 1 saturated carbocycles. The van der Waals surface area contributed by atoms with E-state index in [-0.39, 0.29) is 12.6 Å². The first kappa shape index (κ1) is 16.1. The second-order valence-electron chi connectivity index (χ2n) is 5.51. The molecule has 0 spiro atoms. The van der Waals surface area contributed by atoms with Crippen LogP contribution in [0.1, 0.15) is 30.6 Å². The Balaban J connectivity index is 1.87. The Kier molecular flexibility index (Phi) is 5.11. The average Bonchev–Trinajstić information content (AvgIpc) is 3.06. The lowest BCUT2D eigenvalue weighted by atomic mass is 9.86. The Labute approximate surface area is 132 Å². The summed E-state index contributed by atoms with van der Waals surface area (Å²) in [5, 5.41) is 12.1. The Hall–Kier alpha value is -1.27. The normalized spacial score (nSPS) is 16.7. The monoisotopic (exact) mass is 330 g/mol. The molecule has 5 nitrogen and oxygen atoms in total. The summed E-state index contributed by atoms with van der Waals surface area (Å²) in [6.07, 6.45) is 3.08. The molecular formula is C14H19ClN2O3S. The van der Waals surface area contributed by atoms with Gasteiger partial charge in [0.1, 0.15) is 0 Å². The maximum absolute atomic E-state index is 12.1. The van der Waals surface area contributed by atoms with E-state index < -0.39 is 11.4 Å². The first-order valence-corrected chi connectivity index (χ1v) is 8.09. The number of carbonyl (C=O) groups excluding carboxylic acids is 1. The second-order valence-corrected chi connectivity index (χ2v) is 7.31. The molecule has 1 aliphatic carbocycles. The standard InChI is InChI=1S/C14H19ClN2O3S/c1-17(8-10-4-5-11(15)21-10)13(20)16-9-14(12(18)19)6-2-3-7-14/h4-5H,2-3,6-9H2,1H3,(H,16,20)(H,18,19). The molecule has 1 aliphatic rings. The molecule has 116 valence electrons. The number of halogens is 1. The summed E-state index contributed by atoms with van der Waals surface area (Å²) >= 11 is 7.29. The van der Waals surface area contributed by atoms with Crippen molar-refractivity contribution in [2.75, 3.05) is 13.6 Å². The lowest BCUT2D eigenvalue weighted by Gasteiger charge is -2.26. The van der Waals surface area contributed by atoms with Crippen LogP contribution in [0.25, 0.3) is 0 Å². The molecule has 1 heterocycles. The number of thiophene rings is 1. The molecule has 7 heteroatoms. The van der Waals surface area contributed by atoms with Gasteiger partial charge in [0, 0.05) is 18.5 Å². The van der Waals surface area contributed by atoms with Gasteiger partial charge < -0.3 is 15.3 Å². The summed E-state index contributed by atoms with van der Waals surface area (Å²) < 4.78 is 0.689. The van der Waals surface area contributed by atoms with Crippen molar-refractivity contribution in [3.8, 4) is 0 Å². The highest BCUT2D eigenvalue weighted by molar-refractivity contribution is 7.16. The molecule has 1 fully saturated rings. The third kappa shape index (κ3) is 3.89. The predicted octanol–water partition coefficient (Wildman–Crippen LogP) is 3.19. The van der Waals surface area contributed by atoms with Gasteiger partial charge in [-0.3, -0.25) is 4.79 Å². The van der Waals surface area contributed by atoms with E-state index in [2.05, 4.69) is 5.32 Å². The highest BCUT2D eigenvalue weighted by Crippen LogP contribution is 2.37. The summed E-state index contributed by atoms with van der Waals surface area (Å²) in [5.74, 6) is -0.812. The molecule has 2 N–H and O–H groups in total. The van der Waals surface area contributed by atoms with Crippen molar-refractivity contribution in [2.24, 2.45) is 5.41 Å². The van der Waals surface area contributed by atoms with Gasteiger partial charge in [-0.2, -0.15) is 0 Å². The number of nitrogens with zero attached hydrogens (tertiary/aromatic N) is 1. The van der Waals surface area contributed by atoms with Gasteiger partial charge in [0.25, 0.3) is 0 Å². The van der Waals surface area contributed by atoms with Crippen LogP contribution in [0, 0.1) is 5.41 Å². The molecule has 0 aliphatic heterocycles. The predicted molar refractivity (Wildman–Crippen MR) is 82.7 cm³/mol. The first-order valence-electron chi connectivity index (χ1n) is 6.89. The minimum Gasteiger partial charge on any atom is -0.481 e. The van der Waals surface area contributed by atoms with Gasteiger partial charge in [-0.1, -0.05) is 24.4 Å². The summed E-state index contributed by atoms with van der Waals surface area (Å²) in [6, 6.07) is 3.42. The molecule has 21 heavy (non-hydrogen) atoms. The van der Waals surface area contributed by atoms with Crippen LogP contribution in [-0.4, -0.2) is 35.6 Å². The van der Waals surface area contributed by atoms with Crippen molar-refractivity contribution < 1.29 is 14.7 Å². The molecule has 0 unspecified atom stereocenters. The summed E-state index contributed by atoms with van der Waals surface area (Å²) in [7, 11) is 1.69. The minimum atomic E-state index is -0.812. The molecular weight excluding hydrogens is 312 g/mol. The number of urea groups is 1. The topological polar surface area (TPSA) is 69.6 Å². The van der Waals surface area contributed by atoms with E-state index in [1.54, 1.807) is 13.1 Å². The van der Waals surface area contributed by atoms with E-state index in [0.717, 1.165) is 17.7 Å². The molecule has 0 bridgehead atoms. The molecule has 0 atom stereocenters. The Morgan fingerprint density at radius 3 is 2.62 bits per heavy atom. The van der Waals surface area contributed by atoms with Crippen LogP contribution in [0.3, 0.4) is 0 Å². The third-order valence-electron chi connectivity index (χ3n) is 3.96. The molecule has 2 rings (SSSR count). The van der Waals surface area contributed by atoms with Crippen molar-refractivity contribution >= 4 is 34.9 Å². The molecule has 0 saturated heterocycles. The lowest BCUT2D eigenvalue weighted by Crippen LogP contribution is -2.45. The SMILES string of the molecule is CN(Cc1ccc(Cl)s1)C(=O)NCC1(C(=O)O)CCCC1. The van der Waals surface area contributed by atoms with E-state index in [1.807, 2.05) is 6.07 Å². The first-order chi connectivity index (χ1) is 9.93. The van der Waals surface area contributed by atoms with Gasteiger partial charge >= 0.3 is 12.0 Å². The Morgan fingerprint density at radius 2 is 2.10 bits per heavy atom. The number of hydrogen-bond donors (Lipinski definition) is 2. The van der Waals surface area contributed by atoms with Crippen molar-refractivity contribution in [3.05, 3.63) is 21.3 Å². The Morgan fingerprint density at radius 1 is 1.43 bits per heavy atom. The van der Waals surface area contributed by atoms with E-state index in [4.69, 9.17) is 11.6 Å². The number of hydrogen-bond acceptors (Lipinski definition) is 3. The van der Waals surface area contributed by atoms with E-state index >= 15 is 0 Å². The second kappa shape index (κ2) is 6.66. The fourth-order valence-electron chi connectivity index (χ4n) is 2.64. The quantitative estimate of drug-likeness (QED) is 0.871. The Bertz CT molecular complexity index is 526. The zero-order valence-corrected chi connectivity index (χ0v) is 13.5. The number of amides is 2. The van der Waals surface area contributed by atoms with Crippen molar-refractivity contribution in [1.29, 1.82) is 0 Å². The van der Waals surface area contributed by atoms with Gasteiger partial charge in [0.05, 0.1) is 16.3 Å². The molecule has 0 aromatic carbocycles. The summed E-state index contributed by atoms with van der Waals surface area (Å²) in [5.41, 5.74) is -0.789. The van der Waals surface area contributed by atoms with E-state index in [9.17, 15) is 14.7 Å². The largest absolute Gasteiger partial charge is 0.481 e. The van der Waals surface area contributed by atoms with Crippen LogP contribution in [0.5, 0.6) is 0 Å². The summed E-state index contributed by atoms with van der Waals surface area (Å²) in [6.45, 7) is 0.653. The smallest absolute Gasteiger partial charge is 0.317 e. The number of carboxylic acids is 1. The number of rotatable bonds is 5. The van der Waals surface area contributed by atoms with Crippen LogP contribution in [0.2, 0.25) is 4.34 Å². The van der Waals surface area contributed by atoms with Gasteiger partial charge in [-0.05, 0) is 25.0 Å². The maximum Gasteiger partial charge on any atom is 0.317 e. The number of aliphatic carboxylic acids is 1. The van der Waals surface area contributed by atoms with Crippen LogP contribution >= 0.6 is 22.9 Å². The van der Waals surface area contributed by atoms with Crippen molar-refractivity contribution in [3.63, 3.8) is 0 Å². The van der Waals surface area contributed by atoms with Crippen molar-refractivity contribution in [2.45, 2.75) is 32.2 Å². The minimum absolute atomic E-state index is 0.191. The molecule has 2 amide bonds. The molecule has 1 aromatic heterocycles. The van der Waals surface area contributed by atoms with Crippen LogP contribution in [0.4, 0.5) is 4.79 Å². The maximum atomic E-state index is 12.1. The molecule has 1 aromatic rings.